The largest absolute Gasteiger partial charge is 0.306 e. The molecule has 2 aromatic heterocycles. The van der Waals surface area contributed by atoms with E-state index in [2.05, 4.69) is 43.6 Å². The first-order valence-corrected chi connectivity index (χ1v) is 10.3. The molecule has 0 spiro atoms. The maximum Gasteiger partial charge on any atom is 0.254 e. The lowest BCUT2D eigenvalue weighted by Gasteiger charge is -2.29. The second kappa shape index (κ2) is 7.21. The lowest BCUT2D eigenvalue weighted by Crippen LogP contribution is -2.34. The van der Waals surface area contributed by atoms with Crippen molar-refractivity contribution in [2.45, 2.75) is 52.5 Å². The third kappa shape index (κ3) is 3.63. The minimum Gasteiger partial charge on any atom is -0.306 e. The highest BCUT2D eigenvalue weighted by molar-refractivity contribution is 5.81. The van der Waals surface area contributed by atoms with Crippen LogP contribution in [0.15, 0.2) is 41.2 Å². The number of benzene rings is 1. The first-order chi connectivity index (χ1) is 13.3. The van der Waals surface area contributed by atoms with E-state index in [1.807, 2.05) is 35.0 Å². The van der Waals surface area contributed by atoms with Crippen molar-refractivity contribution in [3.8, 4) is 5.69 Å². The van der Waals surface area contributed by atoms with Crippen molar-refractivity contribution >= 4 is 11.0 Å². The number of aromatic amines is 1. The molecule has 1 N–H and O–H groups in total. The number of hydrogen-bond acceptors (Lipinski definition) is 3. The van der Waals surface area contributed by atoms with Gasteiger partial charge < -0.3 is 4.98 Å². The summed E-state index contributed by atoms with van der Waals surface area (Å²) in [5, 5.41) is 5.94. The van der Waals surface area contributed by atoms with Gasteiger partial charge in [-0.15, -0.1) is 0 Å². The SMILES string of the molecule is CC1CCN(Cc2cc3c(C(C)(C)C)nn(-c4ccccc4)c3[nH]c2=O)CC1. The van der Waals surface area contributed by atoms with Gasteiger partial charge in [0, 0.05) is 22.9 Å². The number of nitrogens with one attached hydrogen (secondary N) is 1. The zero-order chi connectivity index (χ0) is 19.9. The van der Waals surface area contributed by atoms with Crippen LogP contribution >= 0.6 is 0 Å². The Bertz CT molecular complexity index is 1020. The number of aromatic nitrogens is 3. The molecular formula is C23H30N4O. The second-order valence-corrected chi connectivity index (χ2v) is 9.19. The van der Waals surface area contributed by atoms with Crippen LogP contribution < -0.4 is 5.56 Å². The Morgan fingerprint density at radius 3 is 2.46 bits per heavy atom. The molecule has 5 heteroatoms. The summed E-state index contributed by atoms with van der Waals surface area (Å²) >= 11 is 0. The Morgan fingerprint density at radius 1 is 1.14 bits per heavy atom. The molecule has 0 radical (unpaired) electrons. The minimum absolute atomic E-state index is 0.0105. The molecule has 0 saturated carbocycles. The second-order valence-electron chi connectivity index (χ2n) is 9.19. The number of nitrogens with zero attached hydrogens (tertiary/aromatic N) is 3. The van der Waals surface area contributed by atoms with Gasteiger partial charge in [0.05, 0.1) is 11.4 Å². The molecule has 1 aromatic carbocycles. The predicted molar refractivity (Wildman–Crippen MR) is 114 cm³/mol. The Kier molecular flexibility index (Phi) is 4.88. The molecule has 0 bridgehead atoms. The molecule has 28 heavy (non-hydrogen) atoms. The lowest BCUT2D eigenvalue weighted by atomic mass is 9.90. The van der Waals surface area contributed by atoms with E-state index in [-0.39, 0.29) is 11.0 Å². The van der Waals surface area contributed by atoms with Crippen molar-refractivity contribution in [2.75, 3.05) is 13.1 Å². The summed E-state index contributed by atoms with van der Waals surface area (Å²) in [6.45, 7) is 11.6. The lowest BCUT2D eigenvalue weighted by molar-refractivity contribution is 0.185. The van der Waals surface area contributed by atoms with Gasteiger partial charge in [0.15, 0.2) is 0 Å². The van der Waals surface area contributed by atoms with Gasteiger partial charge in [-0.1, -0.05) is 45.9 Å². The normalized spacial score (nSPS) is 16.7. The summed E-state index contributed by atoms with van der Waals surface area (Å²) in [4.78, 5) is 18.4. The van der Waals surface area contributed by atoms with Crippen LogP contribution in [0.5, 0.6) is 0 Å². The van der Waals surface area contributed by atoms with Crippen molar-refractivity contribution in [1.82, 2.24) is 19.7 Å². The fraction of sp³-hybridized carbons (Fsp3) is 0.478. The highest BCUT2D eigenvalue weighted by Crippen LogP contribution is 2.30. The summed E-state index contributed by atoms with van der Waals surface area (Å²) in [7, 11) is 0. The molecule has 0 amide bonds. The zero-order valence-electron chi connectivity index (χ0n) is 17.3. The molecular weight excluding hydrogens is 348 g/mol. The van der Waals surface area contributed by atoms with E-state index >= 15 is 0 Å². The highest BCUT2D eigenvalue weighted by Gasteiger charge is 2.25. The fourth-order valence-electron chi connectivity index (χ4n) is 4.00. The van der Waals surface area contributed by atoms with Crippen molar-refractivity contribution in [3.05, 3.63) is 58.0 Å². The van der Waals surface area contributed by atoms with Gasteiger partial charge in [0.2, 0.25) is 0 Å². The van der Waals surface area contributed by atoms with E-state index < -0.39 is 0 Å². The Morgan fingerprint density at radius 2 is 1.82 bits per heavy atom. The van der Waals surface area contributed by atoms with Crippen molar-refractivity contribution in [3.63, 3.8) is 0 Å². The smallest absolute Gasteiger partial charge is 0.254 e. The number of para-hydroxylation sites is 1. The fourth-order valence-corrected chi connectivity index (χ4v) is 4.00. The van der Waals surface area contributed by atoms with Crippen LogP contribution in [-0.4, -0.2) is 32.8 Å². The van der Waals surface area contributed by atoms with Crippen LogP contribution in [-0.2, 0) is 12.0 Å². The molecule has 0 unspecified atom stereocenters. The van der Waals surface area contributed by atoms with Gasteiger partial charge in [0.1, 0.15) is 5.65 Å². The summed E-state index contributed by atoms with van der Waals surface area (Å²) in [5.74, 6) is 0.786. The zero-order valence-corrected chi connectivity index (χ0v) is 17.3. The molecule has 0 aliphatic carbocycles. The summed E-state index contributed by atoms with van der Waals surface area (Å²) < 4.78 is 1.86. The van der Waals surface area contributed by atoms with Gasteiger partial charge in [-0.3, -0.25) is 9.69 Å². The number of piperidine rings is 1. The van der Waals surface area contributed by atoms with Crippen molar-refractivity contribution in [1.29, 1.82) is 0 Å². The van der Waals surface area contributed by atoms with Crippen LogP contribution in [0.3, 0.4) is 0 Å². The number of rotatable bonds is 3. The molecule has 3 heterocycles. The summed E-state index contributed by atoms with van der Waals surface area (Å²) in [6, 6.07) is 12.1. The van der Waals surface area contributed by atoms with Gasteiger partial charge in [-0.25, -0.2) is 4.68 Å². The van der Waals surface area contributed by atoms with Crippen LogP contribution in [0.2, 0.25) is 0 Å². The molecule has 1 fully saturated rings. The standard InChI is InChI=1S/C23H30N4O/c1-16-10-12-26(13-11-16)15-17-14-19-20(23(2,3)4)25-27(21(19)24-22(17)28)18-8-6-5-7-9-18/h5-9,14,16H,10-13,15H2,1-4H3,(H,24,28). The Hall–Kier alpha value is -2.40. The first-order valence-electron chi connectivity index (χ1n) is 10.3. The van der Waals surface area contributed by atoms with E-state index in [4.69, 9.17) is 5.10 Å². The minimum atomic E-state index is -0.117. The number of likely N-dealkylation sites (tertiary alicyclic amines) is 1. The van der Waals surface area contributed by atoms with E-state index in [0.717, 1.165) is 47.0 Å². The van der Waals surface area contributed by atoms with Gasteiger partial charge in [-0.2, -0.15) is 5.10 Å². The van der Waals surface area contributed by atoms with E-state index in [1.54, 1.807) is 0 Å². The number of pyridine rings is 1. The molecule has 3 aromatic rings. The van der Waals surface area contributed by atoms with Crippen LogP contribution in [0.25, 0.3) is 16.7 Å². The number of fused-ring (bicyclic) bond motifs is 1. The third-order valence-electron chi connectivity index (χ3n) is 5.75. The van der Waals surface area contributed by atoms with Crippen LogP contribution in [0.1, 0.15) is 51.8 Å². The summed E-state index contributed by atoms with van der Waals surface area (Å²) in [5.41, 5.74) is 3.45. The van der Waals surface area contributed by atoms with Crippen molar-refractivity contribution < 1.29 is 0 Å². The van der Waals surface area contributed by atoms with Gasteiger partial charge >= 0.3 is 0 Å². The Labute approximate surface area is 166 Å². The van der Waals surface area contributed by atoms with E-state index in [9.17, 15) is 4.79 Å². The summed E-state index contributed by atoms with van der Waals surface area (Å²) in [6.07, 6.45) is 2.42. The molecule has 148 valence electrons. The Balaban J connectivity index is 1.80. The number of H-pyrrole nitrogens is 1. The van der Waals surface area contributed by atoms with E-state index in [0.29, 0.717) is 6.54 Å². The van der Waals surface area contributed by atoms with E-state index in [1.165, 1.54) is 12.8 Å². The highest BCUT2D eigenvalue weighted by atomic mass is 16.1. The maximum atomic E-state index is 12.9. The van der Waals surface area contributed by atoms with Crippen LogP contribution in [0, 0.1) is 5.92 Å². The number of hydrogen-bond donors (Lipinski definition) is 1. The third-order valence-corrected chi connectivity index (χ3v) is 5.75. The first kappa shape index (κ1) is 18.9. The molecule has 1 aliphatic heterocycles. The predicted octanol–water partition coefficient (Wildman–Crippen LogP) is 4.24. The maximum absolute atomic E-state index is 12.9. The molecule has 0 atom stereocenters. The molecule has 4 rings (SSSR count). The van der Waals surface area contributed by atoms with Crippen LogP contribution in [0.4, 0.5) is 0 Å². The molecule has 1 saturated heterocycles. The quantitative estimate of drug-likeness (QED) is 0.741. The molecule has 1 aliphatic rings. The van der Waals surface area contributed by atoms with Gasteiger partial charge in [-0.05, 0) is 50.0 Å². The van der Waals surface area contributed by atoms with Crippen molar-refractivity contribution in [2.24, 2.45) is 5.92 Å². The topological polar surface area (TPSA) is 53.9 Å². The monoisotopic (exact) mass is 378 g/mol. The average Bonchev–Trinajstić information content (AvgIpc) is 3.03. The molecule has 5 nitrogen and oxygen atoms in total. The van der Waals surface area contributed by atoms with Gasteiger partial charge in [0.25, 0.3) is 5.56 Å². The average molecular weight is 379 g/mol.